The zero-order chi connectivity index (χ0) is 11.1. The lowest BCUT2D eigenvalue weighted by atomic mass is 10.3. The molecule has 0 radical (unpaired) electrons. The molecule has 15 heavy (non-hydrogen) atoms. The Morgan fingerprint density at radius 3 is 2.60 bits per heavy atom. The molecule has 0 aliphatic heterocycles. The highest BCUT2D eigenvalue weighted by molar-refractivity contribution is 7.67. The second kappa shape index (κ2) is 3.44. The van der Waals surface area contributed by atoms with Gasteiger partial charge >= 0.3 is 0 Å². The quantitative estimate of drug-likeness (QED) is 0.769. The highest BCUT2D eigenvalue weighted by atomic mass is 31.2. The van der Waals surface area contributed by atoms with Gasteiger partial charge in [0.15, 0.2) is 0 Å². The largest absolute Gasteiger partial charge is 0.340 e. The molecule has 0 aromatic heterocycles. The summed E-state index contributed by atoms with van der Waals surface area (Å²) in [5.41, 5.74) is 6.00. The SMILES string of the molecule is CCC1C[C@]1(N)P(=O)(O)c1ccccc1. The van der Waals surface area contributed by atoms with Crippen molar-refractivity contribution >= 4 is 12.7 Å². The molecule has 3 N–H and O–H groups in total. The van der Waals surface area contributed by atoms with Gasteiger partial charge in [0, 0.05) is 5.30 Å². The highest BCUT2D eigenvalue weighted by Crippen LogP contribution is 2.67. The zero-order valence-electron chi connectivity index (χ0n) is 8.76. The van der Waals surface area contributed by atoms with Crippen LogP contribution in [-0.2, 0) is 4.57 Å². The van der Waals surface area contributed by atoms with Crippen molar-refractivity contribution in [3.05, 3.63) is 30.3 Å². The fraction of sp³-hybridized carbons (Fsp3) is 0.455. The normalized spacial score (nSPS) is 33.4. The van der Waals surface area contributed by atoms with Crippen molar-refractivity contribution in [1.29, 1.82) is 0 Å². The molecule has 3 nitrogen and oxygen atoms in total. The fourth-order valence-corrected chi connectivity index (χ4v) is 4.28. The highest BCUT2D eigenvalue weighted by Gasteiger charge is 2.62. The minimum absolute atomic E-state index is 0.188. The first-order chi connectivity index (χ1) is 7.02. The summed E-state index contributed by atoms with van der Waals surface area (Å²) >= 11 is 0. The predicted octanol–water partition coefficient (Wildman–Crippen LogP) is 1.67. The molecular formula is C11H16NO2P. The lowest BCUT2D eigenvalue weighted by Gasteiger charge is -2.19. The molecule has 0 spiro atoms. The lowest BCUT2D eigenvalue weighted by Crippen LogP contribution is -2.30. The Labute approximate surface area is 89.8 Å². The van der Waals surface area contributed by atoms with E-state index in [0.717, 1.165) is 6.42 Å². The predicted molar refractivity (Wildman–Crippen MR) is 61.2 cm³/mol. The van der Waals surface area contributed by atoms with Crippen LogP contribution in [0.25, 0.3) is 0 Å². The summed E-state index contributed by atoms with van der Waals surface area (Å²) in [6.45, 7) is 2.00. The molecule has 82 valence electrons. The minimum atomic E-state index is -3.41. The van der Waals surface area contributed by atoms with Crippen molar-refractivity contribution in [3.8, 4) is 0 Å². The lowest BCUT2D eigenvalue weighted by molar-refractivity contribution is 0.465. The molecular weight excluding hydrogens is 209 g/mol. The third kappa shape index (κ3) is 1.55. The maximum atomic E-state index is 12.3. The van der Waals surface area contributed by atoms with Crippen molar-refractivity contribution in [2.45, 2.75) is 25.0 Å². The van der Waals surface area contributed by atoms with E-state index in [1.54, 1.807) is 24.3 Å². The molecule has 0 amide bonds. The van der Waals surface area contributed by atoms with Crippen molar-refractivity contribution in [3.63, 3.8) is 0 Å². The van der Waals surface area contributed by atoms with E-state index in [-0.39, 0.29) is 5.92 Å². The Morgan fingerprint density at radius 2 is 2.13 bits per heavy atom. The van der Waals surface area contributed by atoms with Gasteiger partial charge in [0.25, 0.3) is 0 Å². The van der Waals surface area contributed by atoms with Gasteiger partial charge in [-0.3, -0.25) is 4.57 Å². The Bertz CT molecular complexity index is 406. The van der Waals surface area contributed by atoms with Crippen LogP contribution in [0.3, 0.4) is 0 Å². The first kappa shape index (κ1) is 10.9. The Hall–Kier alpha value is -0.630. The van der Waals surface area contributed by atoms with Crippen LogP contribution < -0.4 is 11.0 Å². The number of hydrogen-bond acceptors (Lipinski definition) is 2. The summed E-state index contributed by atoms with van der Waals surface area (Å²) < 4.78 is 12.3. The van der Waals surface area contributed by atoms with Crippen molar-refractivity contribution in [1.82, 2.24) is 0 Å². The molecule has 0 heterocycles. The van der Waals surface area contributed by atoms with Gasteiger partial charge in [0.1, 0.15) is 5.28 Å². The van der Waals surface area contributed by atoms with Crippen LogP contribution in [0.15, 0.2) is 30.3 Å². The van der Waals surface area contributed by atoms with Crippen LogP contribution >= 0.6 is 7.37 Å². The van der Waals surface area contributed by atoms with E-state index in [0.29, 0.717) is 11.7 Å². The molecule has 1 aromatic rings. The van der Waals surface area contributed by atoms with Crippen LogP contribution in [0, 0.1) is 5.92 Å². The fourth-order valence-electron chi connectivity index (χ4n) is 2.08. The summed E-state index contributed by atoms with van der Waals surface area (Å²) in [4.78, 5) is 10.1. The van der Waals surface area contributed by atoms with Gasteiger partial charge in [0.05, 0.1) is 0 Å². The first-order valence-corrected chi connectivity index (χ1v) is 6.85. The van der Waals surface area contributed by atoms with E-state index in [1.807, 2.05) is 13.0 Å². The molecule has 4 heteroatoms. The zero-order valence-corrected chi connectivity index (χ0v) is 9.65. The van der Waals surface area contributed by atoms with Gasteiger partial charge in [-0.2, -0.15) is 0 Å². The van der Waals surface area contributed by atoms with Gasteiger partial charge in [0.2, 0.25) is 7.37 Å². The average Bonchev–Trinajstić information content (AvgIpc) is 2.93. The second-order valence-corrected chi connectivity index (χ2v) is 6.71. The van der Waals surface area contributed by atoms with Gasteiger partial charge in [-0.1, -0.05) is 31.5 Å². The molecule has 1 saturated carbocycles. The Morgan fingerprint density at radius 1 is 1.53 bits per heavy atom. The molecule has 1 aliphatic rings. The first-order valence-electron chi connectivity index (χ1n) is 5.19. The van der Waals surface area contributed by atoms with E-state index in [2.05, 4.69) is 0 Å². The number of rotatable bonds is 3. The molecule has 0 saturated heterocycles. The molecule has 2 unspecified atom stereocenters. The van der Waals surface area contributed by atoms with Crippen molar-refractivity contribution in [2.24, 2.45) is 11.7 Å². The van der Waals surface area contributed by atoms with Gasteiger partial charge < -0.3 is 10.6 Å². The second-order valence-electron chi connectivity index (χ2n) is 4.21. The van der Waals surface area contributed by atoms with Crippen LogP contribution in [0.5, 0.6) is 0 Å². The summed E-state index contributed by atoms with van der Waals surface area (Å²) in [5, 5.41) is -0.397. The topological polar surface area (TPSA) is 63.3 Å². The molecule has 1 aromatic carbocycles. The summed E-state index contributed by atoms with van der Waals surface area (Å²) in [6.07, 6.45) is 1.53. The molecule has 3 atom stereocenters. The average molecular weight is 225 g/mol. The van der Waals surface area contributed by atoms with E-state index in [9.17, 15) is 9.46 Å². The molecule has 0 bridgehead atoms. The standard InChI is InChI=1S/C11H16NO2P/c1-2-9-8-11(9,12)15(13,14)10-6-4-3-5-7-10/h3-7,9H,2,8,12H2,1H3,(H,13,14)/t9?,11-/m0/s1. The third-order valence-electron chi connectivity index (χ3n) is 3.28. The maximum absolute atomic E-state index is 12.3. The van der Waals surface area contributed by atoms with E-state index >= 15 is 0 Å². The van der Waals surface area contributed by atoms with Crippen LogP contribution in [0.2, 0.25) is 0 Å². The van der Waals surface area contributed by atoms with E-state index < -0.39 is 12.6 Å². The molecule has 1 aliphatic carbocycles. The van der Waals surface area contributed by atoms with Gasteiger partial charge in [-0.25, -0.2) is 0 Å². The van der Waals surface area contributed by atoms with Crippen LogP contribution in [0.4, 0.5) is 0 Å². The van der Waals surface area contributed by atoms with E-state index in [1.165, 1.54) is 0 Å². The Kier molecular flexibility index (Phi) is 2.50. The Balaban J connectivity index is 2.33. The molecule has 2 rings (SSSR count). The van der Waals surface area contributed by atoms with E-state index in [4.69, 9.17) is 5.73 Å². The van der Waals surface area contributed by atoms with Gasteiger partial charge in [-0.15, -0.1) is 0 Å². The van der Waals surface area contributed by atoms with Crippen molar-refractivity contribution in [2.75, 3.05) is 0 Å². The van der Waals surface area contributed by atoms with Crippen LogP contribution in [-0.4, -0.2) is 10.2 Å². The molecule has 1 fully saturated rings. The maximum Gasteiger partial charge on any atom is 0.249 e. The number of nitrogens with two attached hydrogens (primary N) is 1. The monoisotopic (exact) mass is 225 g/mol. The minimum Gasteiger partial charge on any atom is -0.340 e. The number of benzene rings is 1. The van der Waals surface area contributed by atoms with Crippen molar-refractivity contribution < 1.29 is 9.46 Å². The third-order valence-corrected chi connectivity index (χ3v) is 5.96. The van der Waals surface area contributed by atoms with Crippen LogP contribution in [0.1, 0.15) is 19.8 Å². The smallest absolute Gasteiger partial charge is 0.249 e. The summed E-state index contributed by atoms with van der Waals surface area (Å²) in [7, 11) is -3.41. The number of hydrogen-bond donors (Lipinski definition) is 2. The summed E-state index contributed by atoms with van der Waals surface area (Å²) in [6, 6.07) is 8.73. The van der Waals surface area contributed by atoms with Gasteiger partial charge in [-0.05, 0) is 24.5 Å². The summed E-state index contributed by atoms with van der Waals surface area (Å²) in [5.74, 6) is 0.188.